The highest BCUT2D eigenvalue weighted by Gasteiger charge is 2.53. The minimum absolute atomic E-state index is 0.268. The summed E-state index contributed by atoms with van der Waals surface area (Å²) in [5, 5.41) is 0. The van der Waals surface area contributed by atoms with Crippen molar-refractivity contribution in [3.05, 3.63) is 58.7 Å². The standard InChI is InChI=1S/C22H27N/c1-15-8-10-16(11-9-15)23-14-6-7-17-19(23)13-12-18-20(17)22(4,5)21(18,2)3/h8-13H,6-7,14H2,1-5H3. The summed E-state index contributed by atoms with van der Waals surface area (Å²) in [4.78, 5) is 2.51. The molecule has 0 amide bonds. The van der Waals surface area contributed by atoms with Gasteiger partial charge in [-0.2, -0.15) is 0 Å². The Morgan fingerprint density at radius 3 is 2.26 bits per heavy atom. The molecule has 4 rings (SSSR count). The largest absolute Gasteiger partial charge is 0.341 e. The molecule has 0 atom stereocenters. The molecule has 0 fully saturated rings. The van der Waals surface area contributed by atoms with Crippen LogP contribution in [-0.4, -0.2) is 6.54 Å². The first-order valence-electron chi connectivity index (χ1n) is 8.85. The molecule has 1 aliphatic carbocycles. The number of rotatable bonds is 1. The van der Waals surface area contributed by atoms with E-state index in [2.05, 4.69) is 75.9 Å². The number of hydrogen-bond donors (Lipinski definition) is 0. The zero-order chi connectivity index (χ0) is 16.4. The fourth-order valence-electron chi connectivity index (χ4n) is 4.49. The zero-order valence-electron chi connectivity index (χ0n) is 15.0. The van der Waals surface area contributed by atoms with Crippen molar-refractivity contribution in [1.82, 2.24) is 0 Å². The van der Waals surface area contributed by atoms with Gasteiger partial charge in [0.05, 0.1) is 0 Å². The van der Waals surface area contributed by atoms with Crippen LogP contribution < -0.4 is 4.90 Å². The van der Waals surface area contributed by atoms with E-state index >= 15 is 0 Å². The number of fused-ring (bicyclic) bond motifs is 3. The van der Waals surface area contributed by atoms with Crippen molar-refractivity contribution in [3.63, 3.8) is 0 Å². The molecule has 0 spiro atoms. The second-order valence-corrected chi connectivity index (χ2v) is 8.33. The molecule has 0 saturated heterocycles. The van der Waals surface area contributed by atoms with E-state index in [1.165, 1.54) is 29.8 Å². The molecule has 0 saturated carbocycles. The molecule has 120 valence electrons. The number of aryl methyl sites for hydroxylation is 1. The SMILES string of the molecule is Cc1ccc(N2CCCc3c2ccc2c3C(C)(C)C2(C)C)cc1. The first-order chi connectivity index (χ1) is 10.8. The van der Waals surface area contributed by atoms with Gasteiger partial charge in [-0.25, -0.2) is 0 Å². The Balaban J connectivity index is 1.85. The van der Waals surface area contributed by atoms with Crippen molar-refractivity contribution in [3.8, 4) is 0 Å². The molecular formula is C22H27N. The molecule has 0 aromatic heterocycles. The van der Waals surface area contributed by atoms with Gasteiger partial charge < -0.3 is 4.90 Å². The normalized spacial score (nSPS) is 20.5. The van der Waals surface area contributed by atoms with Crippen LogP contribution in [0.15, 0.2) is 36.4 Å². The molecule has 23 heavy (non-hydrogen) atoms. The molecule has 0 bridgehead atoms. The van der Waals surface area contributed by atoms with Gasteiger partial charge in [-0.15, -0.1) is 0 Å². The lowest BCUT2D eigenvalue weighted by atomic mass is 9.48. The highest BCUT2D eigenvalue weighted by Crippen LogP contribution is 2.59. The summed E-state index contributed by atoms with van der Waals surface area (Å²) in [6.45, 7) is 12.9. The van der Waals surface area contributed by atoms with E-state index in [9.17, 15) is 0 Å². The number of anilines is 2. The maximum absolute atomic E-state index is 2.51. The predicted molar refractivity (Wildman–Crippen MR) is 99.0 cm³/mol. The van der Waals surface area contributed by atoms with Crippen molar-refractivity contribution in [1.29, 1.82) is 0 Å². The van der Waals surface area contributed by atoms with Gasteiger partial charge in [0.1, 0.15) is 0 Å². The van der Waals surface area contributed by atoms with Crippen molar-refractivity contribution in [2.24, 2.45) is 0 Å². The number of hydrogen-bond acceptors (Lipinski definition) is 1. The molecule has 0 unspecified atom stereocenters. The Morgan fingerprint density at radius 1 is 0.870 bits per heavy atom. The second kappa shape index (κ2) is 4.63. The molecular weight excluding hydrogens is 278 g/mol. The van der Waals surface area contributed by atoms with E-state index in [4.69, 9.17) is 0 Å². The van der Waals surface area contributed by atoms with Gasteiger partial charge in [-0.05, 0) is 65.5 Å². The van der Waals surface area contributed by atoms with Crippen molar-refractivity contribution in [2.75, 3.05) is 11.4 Å². The fraction of sp³-hybridized carbons (Fsp3) is 0.455. The van der Waals surface area contributed by atoms with E-state index in [0.717, 1.165) is 6.54 Å². The predicted octanol–water partition coefficient (Wildman–Crippen LogP) is 5.65. The lowest BCUT2D eigenvalue weighted by Crippen LogP contribution is -2.52. The van der Waals surface area contributed by atoms with Crippen LogP contribution in [0.25, 0.3) is 0 Å². The van der Waals surface area contributed by atoms with Gasteiger partial charge in [-0.1, -0.05) is 51.5 Å². The maximum atomic E-state index is 2.51. The fourth-order valence-corrected chi connectivity index (χ4v) is 4.49. The first kappa shape index (κ1) is 14.8. The minimum atomic E-state index is 0.268. The summed E-state index contributed by atoms with van der Waals surface area (Å²) in [5.41, 5.74) is 9.41. The molecule has 2 aliphatic rings. The summed E-state index contributed by atoms with van der Waals surface area (Å²) in [7, 11) is 0. The second-order valence-electron chi connectivity index (χ2n) is 8.33. The smallest absolute Gasteiger partial charge is 0.0446 e. The topological polar surface area (TPSA) is 3.24 Å². The molecule has 2 aromatic rings. The van der Waals surface area contributed by atoms with Gasteiger partial charge in [0.25, 0.3) is 0 Å². The van der Waals surface area contributed by atoms with Crippen molar-refractivity contribution >= 4 is 11.4 Å². The van der Waals surface area contributed by atoms with Crippen LogP contribution in [0.2, 0.25) is 0 Å². The third-order valence-electron chi connectivity index (χ3n) is 6.59. The van der Waals surface area contributed by atoms with Crippen LogP contribution in [0.5, 0.6) is 0 Å². The van der Waals surface area contributed by atoms with E-state index in [0.29, 0.717) is 0 Å². The Kier molecular flexibility index (Phi) is 2.98. The Labute approximate surface area is 140 Å². The average Bonchev–Trinajstić information content (AvgIpc) is 2.53. The summed E-state index contributed by atoms with van der Waals surface area (Å²) in [6.07, 6.45) is 2.47. The van der Waals surface area contributed by atoms with E-state index in [1.54, 1.807) is 16.7 Å². The molecule has 1 heterocycles. The highest BCUT2D eigenvalue weighted by atomic mass is 15.1. The summed E-state index contributed by atoms with van der Waals surface area (Å²) >= 11 is 0. The number of nitrogens with zero attached hydrogens (tertiary/aromatic N) is 1. The molecule has 1 nitrogen and oxygen atoms in total. The van der Waals surface area contributed by atoms with E-state index in [1.807, 2.05) is 0 Å². The van der Waals surface area contributed by atoms with Crippen LogP contribution in [0.1, 0.15) is 56.4 Å². The first-order valence-corrected chi connectivity index (χ1v) is 8.85. The van der Waals surface area contributed by atoms with Crippen LogP contribution in [-0.2, 0) is 17.3 Å². The van der Waals surface area contributed by atoms with Gasteiger partial charge in [0.2, 0.25) is 0 Å². The van der Waals surface area contributed by atoms with E-state index < -0.39 is 0 Å². The summed E-state index contributed by atoms with van der Waals surface area (Å²) in [5.74, 6) is 0. The molecule has 1 heteroatoms. The molecule has 0 radical (unpaired) electrons. The van der Waals surface area contributed by atoms with Crippen LogP contribution >= 0.6 is 0 Å². The highest BCUT2D eigenvalue weighted by molar-refractivity contribution is 5.74. The van der Waals surface area contributed by atoms with Crippen LogP contribution in [0.4, 0.5) is 11.4 Å². The van der Waals surface area contributed by atoms with Crippen LogP contribution in [0, 0.1) is 6.92 Å². The Bertz CT molecular complexity index is 765. The number of benzene rings is 2. The lowest BCUT2D eigenvalue weighted by molar-refractivity contribution is 0.239. The zero-order valence-corrected chi connectivity index (χ0v) is 15.0. The summed E-state index contributed by atoms with van der Waals surface area (Å²) in [6, 6.07) is 13.7. The molecule has 1 aliphatic heterocycles. The van der Waals surface area contributed by atoms with Crippen molar-refractivity contribution < 1.29 is 0 Å². The summed E-state index contributed by atoms with van der Waals surface area (Å²) < 4.78 is 0. The van der Waals surface area contributed by atoms with Crippen LogP contribution in [0.3, 0.4) is 0 Å². The quantitative estimate of drug-likeness (QED) is 0.658. The van der Waals surface area contributed by atoms with Gasteiger partial charge in [-0.3, -0.25) is 0 Å². The molecule has 0 N–H and O–H groups in total. The minimum Gasteiger partial charge on any atom is -0.341 e. The Morgan fingerprint density at radius 2 is 1.57 bits per heavy atom. The third kappa shape index (κ3) is 1.86. The van der Waals surface area contributed by atoms with Gasteiger partial charge >= 0.3 is 0 Å². The lowest BCUT2D eigenvalue weighted by Gasteiger charge is -2.56. The third-order valence-corrected chi connectivity index (χ3v) is 6.59. The van der Waals surface area contributed by atoms with Gasteiger partial charge in [0.15, 0.2) is 0 Å². The monoisotopic (exact) mass is 305 g/mol. The Hall–Kier alpha value is -1.76. The molecule has 2 aromatic carbocycles. The van der Waals surface area contributed by atoms with Crippen molar-refractivity contribution in [2.45, 2.75) is 58.3 Å². The maximum Gasteiger partial charge on any atom is 0.0446 e. The van der Waals surface area contributed by atoms with Gasteiger partial charge in [0, 0.05) is 17.9 Å². The van der Waals surface area contributed by atoms with E-state index in [-0.39, 0.29) is 10.8 Å². The average molecular weight is 305 g/mol.